The highest BCUT2D eigenvalue weighted by atomic mass is 16.7. The lowest BCUT2D eigenvalue weighted by Crippen LogP contribution is -2.37. The van der Waals surface area contributed by atoms with Crippen LogP contribution in [0.3, 0.4) is 0 Å². The van der Waals surface area contributed by atoms with E-state index in [9.17, 15) is 19.7 Å². The summed E-state index contributed by atoms with van der Waals surface area (Å²) in [5.41, 5.74) is 2.75. The molecule has 2 aliphatic rings. The summed E-state index contributed by atoms with van der Waals surface area (Å²) in [6, 6.07) is 22.0. The smallest absolute Gasteiger partial charge is 0.269 e. The van der Waals surface area contributed by atoms with E-state index < -0.39 is 34.8 Å². The minimum atomic E-state index is -0.999. The second kappa shape index (κ2) is 8.27. The number of hydroxylamine groups is 1. The molecule has 3 atom stereocenters. The van der Waals surface area contributed by atoms with Crippen LogP contribution in [0.15, 0.2) is 78.9 Å². The van der Waals surface area contributed by atoms with E-state index in [0.29, 0.717) is 0 Å². The molecule has 0 saturated carbocycles. The summed E-state index contributed by atoms with van der Waals surface area (Å²) in [7, 11) is 3.89. The van der Waals surface area contributed by atoms with E-state index in [2.05, 4.69) is 0 Å². The number of anilines is 3. The van der Waals surface area contributed by atoms with Crippen LogP contribution in [-0.2, 0) is 14.4 Å². The molecule has 9 nitrogen and oxygen atoms in total. The average Bonchev–Trinajstić information content (AvgIpc) is 3.35. The Kier molecular flexibility index (Phi) is 5.25. The van der Waals surface area contributed by atoms with E-state index in [1.165, 1.54) is 24.3 Å². The number of rotatable bonds is 5. The van der Waals surface area contributed by atoms with Crippen LogP contribution >= 0.6 is 0 Å². The summed E-state index contributed by atoms with van der Waals surface area (Å²) in [5, 5.41) is 12.6. The van der Waals surface area contributed by atoms with Crippen molar-refractivity contribution in [3.8, 4) is 0 Å². The highest BCUT2D eigenvalue weighted by Gasteiger charge is 2.60. The minimum absolute atomic E-state index is 0.117. The highest BCUT2D eigenvalue weighted by Crippen LogP contribution is 2.47. The number of carbonyl (C=O) groups is 2. The quantitative estimate of drug-likeness (QED) is 0.327. The van der Waals surface area contributed by atoms with E-state index in [0.717, 1.165) is 21.8 Å². The van der Waals surface area contributed by atoms with Crippen LogP contribution < -0.4 is 14.9 Å². The minimum Gasteiger partial charge on any atom is -0.378 e. The van der Waals surface area contributed by atoms with Crippen molar-refractivity contribution in [3.63, 3.8) is 0 Å². The van der Waals surface area contributed by atoms with E-state index in [1.807, 2.05) is 73.6 Å². The fourth-order valence-corrected chi connectivity index (χ4v) is 4.50. The zero-order valence-corrected chi connectivity index (χ0v) is 18.6. The molecule has 0 bridgehead atoms. The number of nitrogens with zero attached hydrogens (tertiary/aromatic N) is 4. The van der Waals surface area contributed by atoms with Gasteiger partial charge in [0.2, 0.25) is 5.91 Å². The number of amides is 2. The number of nitro benzene ring substituents is 1. The molecule has 2 aliphatic heterocycles. The lowest BCUT2D eigenvalue weighted by molar-refractivity contribution is -0.384. The van der Waals surface area contributed by atoms with Gasteiger partial charge in [-0.15, -0.1) is 0 Å². The van der Waals surface area contributed by atoms with Gasteiger partial charge in [0.1, 0.15) is 5.92 Å². The number of hydrogen-bond acceptors (Lipinski definition) is 7. The lowest BCUT2D eigenvalue weighted by Gasteiger charge is -2.29. The molecule has 0 aliphatic carbocycles. The van der Waals surface area contributed by atoms with Gasteiger partial charge < -0.3 is 4.90 Å². The summed E-state index contributed by atoms with van der Waals surface area (Å²) in [6.45, 7) is 0. The van der Waals surface area contributed by atoms with Crippen molar-refractivity contribution in [1.82, 2.24) is 0 Å². The van der Waals surface area contributed by atoms with Gasteiger partial charge in [-0.05, 0) is 42.0 Å². The Balaban J connectivity index is 1.54. The van der Waals surface area contributed by atoms with Crippen LogP contribution in [0.5, 0.6) is 0 Å². The van der Waals surface area contributed by atoms with Crippen molar-refractivity contribution >= 4 is 34.6 Å². The van der Waals surface area contributed by atoms with Gasteiger partial charge in [-0.2, -0.15) is 0 Å². The van der Waals surface area contributed by atoms with Crippen LogP contribution in [0, 0.1) is 16.0 Å². The second-order valence-corrected chi connectivity index (χ2v) is 8.43. The number of fused-ring (bicyclic) bond motifs is 1. The fraction of sp³-hybridized carbons (Fsp3) is 0.200. The molecule has 2 heterocycles. The Morgan fingerprint density at radius 2 is 1.50 bits per heavy atom. The number of hydrogen-bond donors (Lipinski definition) is 0. The van der Waals surface area contributed by atoms with E-state index in [4.69, 9.17) is 4.84 Å². The predicted molar refractivity (Wildman–Crippen MR) is 126 cm³/mol. The molecule has 2 amide bonds. The number of para-hydroxylation sites is 1. The van der Waals surface area contributed by atoms with Crippen molar-refractivity contribution in [2.24, 2.45) is 5.92 Å². The van der Waals surface area contributed by atoms with Crippen LogP contribution in [0.1, 0.15) is 11.6 Å². The molecule has 2 saturated heterocycles. The molecule has 5 rings (SSSR count). The monoisotopic (exact) mass is 458 g/mol. The molecule has 172 valence electrons. The third-order valence-electron chi connectivity index (χ3n) is 6.20. The predicted octanol–water partition coefficient (Wildman–Crippen LogP) is 3.71. The van der Waals surface area contributed by atoms with Gasteiger partial charge >= 0.3 is 0 Å². The zero-order chi connectivity index (χ0) is 24.0. The van der Waals surface area contributed by atoms with E-state index in [1.54, 1.807) is 5.06 Å². The van der Waals surface area contributed by atoms with E-state index >= 15 is 0 Å². The molecule has 9 heteroatoms. The first-order valence-electron chi connectivity index (χ1n) is 10.8. The van der Waals surface area contributed by atoms with Crippen LogP contribution in [0.4, 0.5) is 22.7 Å². The third-order valence-corrected chi connectivity index (χ3v) is 6.20. The molecule has 0 radical (unpaired) electrons. The summed E-state index contributed by atoms with van der Waals surface area (Å²) >= 11 is 0. The van der Waals surface area contributed by atoms with Gasteiger partial charge in [0.25, 0.3) is 11.6 Å². The standard InChI is InChI=1S/C25H22N4O5/c1-26(2)17-10-8-16(9-11-17)22-21-23(34-28(22)19-6-4-3-5-7-19)25(31)27(24(21)30)18-12-14-20(15-13-18)29(32)33/h3-15,21-23H,1-2H3/t21-,22+,23+/m0/s1. The summed E-state index contributed by atoms with van der Waals surface area (Å²) in [6.07, 6.45) is -0.999. The van der Waals surface area contributed by atoms with Crippen molar-refractivity contribution in [1.29, 1.82) is 0 Å². The molecule has 0 unspecified atom stereocenters. The Morgan fingerprint density at radius 1 is 0.853 bits per heavy atom. The zero-order valence-electron chi connectivity index (χ0n) is 18.6. The first-order chi connectivity index (χ1) is 16.4. The van der Waals surface area contributed by atoms with Crippen molar-refractivity contribution < 1.29 is 19.3 Å². The number of nitro groups is 1. The maximum atomic E-state index is 13.6. The normalized spacial score (nSPS) is 21.6. The highest BCUT2D eigenvalue weighted by molar-refractivity contribution is 6.24. The maximum absolute atomic E-state index is 13.6. The van der Waals surface area contributed by atoms with Gasteiger partial charge in [-0.1, -0.05) is 30.3 Å². The SMILES string of the molecule is CN(C)c1ccc([C@@H]2[C@@H]3C(=O)N(c4ccc([N+](=O)[O-])cc4)C(=O)[C@@H]3ON2c2ccccc2)cc1. The average molecular weight is 458 g/mol. The van der Waals surface area contributed by atoms with Crippen LogP contribution in [0.2, 0.25) is 0 Å². The van der Waals surface area contributed by atoms with Crippen molar-refractivity contribution in [2.45, 2.75) is 12.1 Å². The molecular weight excluding hydrogens is 436 g/mol. The number of carbonyl (C=O) groups excluding carboxylic acids is 2. The Morgan fingerprint density at radius 3 is 2.09 bits per heavy atom. The van der Waals surface area contributed by atoms with Gasteiger partial charge in [0, 0.05) is 31.9 Å². The van der Waals surface area contributed by atoms with Crippen LogP contribution in [-0.4, -0.2) is 36.9 Å². The summed E-state index contributed by atoms with van der Waals surface area (Å²) in [5.74, 6) is -1.66. The Hall–Kier alpha value is -4.24. The maximum Gasteiger partial charge on any atom is 0.269 e. The van der Waals surface area contributed by atoms with Gasteiger partial charge in [-0.3, -0.25) is 24.5 Å². The first kappa shape index (κ1) is 21.6. The number of non-ortho nitro benzene ring substituents is 1. The summed E-state index contributed by atoms with van der Waals surface area (Å²) < 4.78 is 0. The van der Waals surface area contributed by atoms with Gasteiger partial charge in [-0.25, -0.2) is 9.96 Å². The molecule has 3 aromatic carbocycles. The molecule has 0 spiro atoms. The topological polar surface area (TPSA) is 96.2 Å². The molecule has 0 aromatic heterocycles. The molecule has 34 heavy (non-hydrogen) atoms. The van der Waals surface area contributed by atoms with Crippen molar-refractivity contribution in [2.75, 3.05) is 29.0 Å². The largest absolute Gasteiger partial charge is 0.378 e. The molecular formula is C25H22N4O5. The van der Waals surface area contributed by atoms with Gasteiger partial charge in [0.05, 0.1) is 22.3 Å². The first-order valence-corrected chi connectivity index (χ1v) is 10.8. The third kappa shape index (κ3) is 3.46. The van der Waals surface area contributed by atoms with Crippen molar-refractivity contribution in [3.05, 3.63) is 94.5 Å². The Labute approximate surface area is 195 Å². The number of imide groups is 1. The molecule has 0 N–H and O–H groups in total. The molecule has 2 fully saturated rings. The van der Waals surface area contributed by atoms with Gasteiger partial charge in [0.15, 0.2) is 6.10 Å². The van der Waals surface area contributed by atoms with Crippen LogP contribution in [0.25, 0.3) is 0 Å². The summed E-state index contributed by atoms with van der Waals surface area (Å²) in [4.78, 5) is 46.6. The second-order valence-electron chi connectivity index (χ2n) is 8.43. The van der Waals surface area contributed by atoms with E-state index in [-0.39, 0.29) is 11.4 Å². The number of benzene rings is 3. The molecule has 3 aromatic rings. The Bertz CT molecular complexity index is 1240. The fourth-order valence-electron chi connectivity index (χ4n) is 4.50. The lowest BCUT2D eigenvalue weighted by atomic mass is 9.90.